The van der Waals surface area contributed by atoms with Gasteiger partial charge in [-0.05, 0) is 52.5 Å². The van der Waals surface area contributed by atoms with Gasteiger partial charge in [-0.15, -0.1) is 0 Å². The molecule has 0 aliphatic carbocycles. The molecule has 2 N–H and O–H groups in total. The molecule has 1 saturated heterocycles. The fourth-order valence-corrected chi connectivity index (χ4v) is 3.08. The summed E-state index contributed by atoms with van der Waals surface area (Å²) in [7, 11) is 0. The van der Waals surface area contributed by atoms with Crippen LogP contribution in [0.15, 0.2) is 17.1 Å². The summed E-state index contributed by atoms with van der Waals surface area (Å²) in [6, 6.07) is 0.230. The lowest BCUT2D eigenvalue weighted by Gasteiger charge is -2.37. The molecule has 0 radical (unpaired) electrons. The van der Waals surface area contributed by atoms with Gasteiger partial charge in [0, 0.05) is 19.0 Å². The zero-order chi connectivity index (χ0) is 15.6. The Kier molecular flexibility index (Phi) is 4.59. The highest BCUT2D eigenvalue weighted by molar-refractivity contribution is 5.92. The number of hydrogen-bond acceptors (Lipinski definition) is 4. The molecule has 21 heavy (non-hydrogen) atoms. The maximum Gasteiger partial charge on any atom is 0.410 e. The van der Waals surface area contributed by atoms with Gasteiger partial charge < -0.3 is 15.4 Å². The van der Waals surface area contributed by atoms with Crippen LogP contribution in [-0.4, -0.2) is 41.6 Å². The van der Waals surface area contributed by atoms with Crippen molar-refractivity contribution in [1.82, 2.24) is 4.90 Å². The second-order valence-electron chi connectivity index (χ2n) is 7.04. The molecule has 1 fully saturated rings. The van der Waals surface area contributed by atoms with Gasteiger partial charge in [0.2, 0.25) is 0 Å². The molecule has 0 aromatic heterocycles. The van der Waals surface area contributed by atoms with Gasteiger partial charge in [0.1, 0.15) is 11.4 Å². The van der Waals surface area contributed by atoms with Gasteiger partial charge >= 0.3 is 6.09 Å². The number of amides is 1. The van der Waals surface area contributed by atoms with Crippen LogP contribution in [0, 0.1) is 11.8 Å². The minimum Gasteiger partial charge on any atom is -0.444 e. The predicted octanol–water partition coefficient (Wildman–Crippen LogP) is 2.57. The van der Waals surface area contributed by atoms with E-state index in [-0.39, 0.29) is 12.1 Å². The lowest BCUT2D eigenvalue weighted by molar-refractivity contribution is 0.0165. The molecule has 118 valence electrons. The number of dihydropyridines is 1. The van der Waals surface area contributed by atoms with Crippen molar-refractivity contribution in [3.63, 3.8) is 0 Å². The van der Waals surface area contributed by atoms with E-state index in [0.29, 0.717) is 17.7 Å². The summed E-state index contributed by atoms with van der Waals surface area (Å²) < 4.78 is 5.43. The summed E-state index contributed by atoms with van der Waals surface area (Å²) in [4.78, 5) is 18.3. The van der Waals surface area contributed by atoms with Crippen molar-refractivity contribution >= 4 is 11.9 Å². The number of carbonyl (C=O) groups excluding carboxylic acids is 1. The molecule has 0 bridgehead atoms. The smallest absolute Gasteiger partial charge is 0.410 e. The standard InChI is InChI=1S/C16H27N3O2/c1-11-13(5-6-14(17)18-11)12-7-9-19(10-8-12)15(20)21-16(2,3)4/h5-6,11-13H,7-10H2,1-4H3,(H2,17,18). The second-order valence-corrected chi connectivity index (χ2v) is 7.04. The van der Waals surface area contributed by atoms with Crippen LogP contribution < -0.4 is 5.73 Å². The summed E-state index contributed by atoms with van der Waals surface area (Å²) in [5.41, 5.74) is 5.30. The third-order valence-corrected chi connectivity index (χ3v) is 4.13. The number of aliphatic imine (C=N–C) groups is 1. The third kappa shape index (κ3) is 4.22. The van der Waals surface area contributed by atoms with E-state index in [9.17, 15) is 4.79 Å². The fourth-order valence-electron chi connectivity index (χ4n) is 3.08. The maximum absolute atomic E-state index is 12.1. The molecular formula is C16H27N3O2. The van der Waals surface area contributed by atoms with Gasteiger partial charge in [0.25, 0.3) is 0 Å². The fraction of sp³-hybridized carbons (Fsp3) is 0.750. The number of hydrogen-bond donors (Lipinski definition) is 1. The van der Waals surface area contributed by atoms with Crippen molar-refractivity contribution in [3.8, 4) is 0 Å². The Balaban J connectivity index is 1.86. The number of nitrogens with two attached hydrogens (primary N) is 1. The highest BCUT2D eigenvalue weighted by Crippen LogP contribution is 2.31. The summed E-state index contributed by atoms with van der Waals surface area (Å²) >= 11 is 0. The van der Waals surface area contributed by atoms with E-state index in [0.717, 1.165) is 25.9 Å². The van der Waals surface area contributed by atoms with Crippen LogP contribution in [-0.2, 0) is 4.74 Å². The largest absolute Gasteiger partial charge is 0.444 e. The van der Waals surface area contributed by atoms with E-state index < -0.39 is 5.60 Å². The Morgan fingerprint density at radius 1 is 1.38 bits per heavy atom. The number of nitrogens with zero attached hydrogens (tertiary/aromatic N) is 2. The zero-order valence-electron chi connectivity index (χ0n) is 13.5. The van der Waals surface area contributed by atoms with Gasteiger partial charge in [-0.25, -0.2) is 4.79 Å². The number of likely N-dealkylation sites (tertiary alicyclic amines) is 1. The lowest BCUT2D eigenvalue weighted by Crippen LogP contribution is -2.44. The first-order valence-electron chi connectivity index (χ1n) is 7.75. The van der Waals surface area contributed by atoms with Crippen LogP contribution >= 0.6 is 0 Å². The number of amidine groups is 1. The Bertz CT molecular complexity index is 443. The van der Waals surface area contributed by atoms with Gasteiger partial charge in [0.15, 0.2) is 0 Å². The Morgan fingerprint density at radius 3 is 2.52 bits per heavy atom. The topological polar surface area (TPSA) is 67.9 Å². The summed E-state index contributed by atoms with van der Waals surface area (Å²) in [6.45, 7) is 9.32. The van der Waals surface area contributed by atoms with Crippen LogP contribution in [0.2, 0.25) is 0 Å². The first-order valence-corrected chi connectivity index (χ1v) is 7.75. The van der Waals surface area contributed by atoms with Crippen molar-refractivity contribution in [3.05, 3.63) is 12.2 Å². The minimum absolute atomic E-state index is 0.199. The molecule has 2 atom stereocenters. The molecular weight excluding hydrogens is 266 g/mol. The molecule has 0 aromatic carbocycles. The van der Waals surface area contributed by atoms with Crippen LogP contribution in [0.3, 0.4) is 0 Å². The van der Waals surface area contributed by atoms with Gasteiger partial charge in [-0.3, -0.25) is 4.99 Å². The molecule has 5 nitrogen and oxygen atoms in total. The highest BCUT2D eigenvalue weighted by atomic mass is 16.6. The first kappa shape index (κ1) is 15.9. The van der Waals surface area contributed by atoms with E-state index in [1.807, 2.05) is 31.7 Å². The van der Waals surface area contributed by atoms with Crippen LogP contribution in [0.5, 0.6) is 0 Å². The molecule has 5 heteroatoms. The molecule has 2 rings (SSSR count). The highest BCUT2D eigenvalue weighted by Gasteiger charge is 2.32. The number of ether oxygens (including phenoxy) is 1. The van der Waals surface area contributed by atoms with Gasteiger partial charge in [0.05, 0.1) is 6.04 Å². The Morgan fingerprint density at radius 2 is 2.00 bits per heavy atom. The Hall–Kier alpha value is -1.52. The number of carbonyl (C=O) groups is 1. The molecule has 2 aliphatic heterocycles. The number of piperidine rings is 1. The average molecular weight is 293 g/mol. The van der Waals surface area contributed by atoms with Crippen LogP contribution in [0.1, 0.15) is 40.5 Å². The van der Waals surface area contributed by atoms with E-state index >= 15 is 0 Å². The summed E-state index contributed by atoms with van der Waals surface area (Å²) in [6.07, 6.45) is 5.88. The third-order valence-electron chi connectivity index (χ3n) is 4.13. The Labute approximate surface area is 127 Å². The summed E-state index contributed by atoms with van der Waals surface area (Å²) in [5.74, 6) is 1.61. The number of rotatable bonds is 1. The first-order chi connectivity index (χ1) is 9.76. The van der Waals surface area contributed by atoms with Crippen LogP contribution in [0.4, 0.5) is 4.79 Å². The molecule has 1 amide bonds. The predicted molar refractivity (Wildman–Crippen MR) is 84.2 cm³/mol. The average Bonchev–Trinajstić information content (AvgIpc) is 2.37. The molecule has 0 spiro atoms. The second kappa shape index (κ2) is 6.08. The zero-order valence-corrected chi connectivity index (χ0v) is 13.5. The maximum atomic E-state index is 12.1. The van der Waals surface area contributed by atoms with E-state index in [4.69, 9.17) is 10.5 Å². The molecule has 0 aromatic rings. The van der Waals surface area contributed by atoms with Gasteiger partial charge in [-0.2, -0.15) is 0 Å². The molecule has 0 saturated carbocycles. The van der Waals surface area contributed by atoms with Crippen molar-refractivity contribution in [2.24, 2.45) is 22.6 Å². The molecule has 2 aliphatic rings. The van der Waals surface area contributed by atoms with Crippen molar-refractivity contribution in [1.29, 1.82) is 0 Å². The summed E-state index contributed by atoms with van der Waals surface area (Å²) in [5, 5.41) is 0. The SMILES string of the molecule is CC1N=C(N)C=CC1C1CCN(C(=O)OC(C)(C)C)CC1. The normalized spacial score (nSPS) is 27.4. The minimum atomic E-state index is -0.430. The van der Waals surface area contributed by atoms with Crippen molar-refractivity contribution in [2.45, 2.75) is 52.2 Å². The van der Waals surface area contributed by atoms with Crippen molar-refractivity contribution < 1.29 is 9.53 Å². The quantitative estimate of drug-likeness (QED) is 0.808. The van der Waals surface area contributed by atoms with Crippen LogP contribution in [0.25, 0.3) is 0 Å². The monoisotopic (exact) mass is 293 g/mol. The van der Waals surface area contributed by atoms with E-state index in [1.54, 1.807) is 0 Å². The van der Waals surface area contributed by atoms with Crippen molar-refractivity contribution in [2.75, 3.05) is 13.1 Å². The van der Waals surface area contributed by atoms with E-state index in [2.05, 4.69) is 18.0 Å². The molecule has 2 unspecified atom stereocenters. The lowest BCUT2D eigenvalue weighted by atomic mass is 9.79. The van der Waals surface area contributed by atoms with E-state index in [1.165, 1.54) is 0 Å². The molecule has 2 heterocycles. The van der Waals surface area contributed by atoms with Gasteiger partial charge in [-0.1, -0.05) is 6.08 Å².